The zero-order valence-electron chi connectivity index (χ0n) is 21.5. The molecule has 1 N–H and O–H groups in total. The molecule has 0 fully saturated rings. The van der Waals surface area contributed by atoms with Gasteiger partial charge in [-0.3, -0.25) is 9.59 Å². The first-order valence-electron chi connectivity index (χ1n) is 12.5. The summed E-state index contributed by atoms with van der Waals surface area (Å²) in [5, 5.41) is 2.94. The Balaban J connectivity index is 1.57. The summed E-state index contributed by atoms with van der Waals surface area (Å²) in [6, 6.07) is 24.8. The lowest BCUT2D eigenvalue weighted by Crippen LogP contribution is -2.38. The Bertz CT molecular complexity index is 1310. The predicted molar refractivity (Wildman–Crippen MR) is 142 cm³/mol. The van der Waals surface area contributed by atoms with Gasteiger partial charge in [0, 0.05) is 30.1 Å². The van der Waals surface area contributed by atoms with Crippen LogP contribution in [0.15, 0.2) is 90.1 Å². The normalized spacial score (nSPS) is 15.5. The van der Waals surface area contributed by atoms with E-state index in [1.165, 1.54) is 0 Å². The molecule has 0 spiro atoms. The van der Waals surface area contributed by atoms with E-state index in [0.717, 1.165) is 22.3 Å². The molecule has 0 saturated carbocycles. The molecule has 6 nitrogen and oxygen atoms in total. The molecule has 4 rings (SSSR count). The maximum Gasteiger partial charge on any atom is 0.336 e. The van der Waals surface area contributed by atoms with Gasteiger partial charge in [0.15, 0.2) is 0 Å². The van der Waals surface area contributed by atoms with E-state index in [1.54, 1.807) is 30.9 Å². The van der Waals surface area contributed by atoms with Crippen molar-refractivity contribution in [2.24, 2.45) is 0 Å². The number of esters is 1. The van der Waals surface area contributed by atoms with Crippen molar-refractivity contribution in [2.45, 2.75) is 46.2 Å². The molecule has 3 aromatic rings. The standard InChI is InChI=1S/C31H32N2O4/c1-4-37-31(36)29-22(3)33(28(34)18-27(29)25-15-13-21(2)14-16-25)20-24-11-8-12-26(17-24)30(35)32-19-23-9-6-5-7-10-23/h5-17,27H,4,18-20H2,1-3H3,(H,32,35). The number of benzene rings is 3. The summed E-state index contributed by atoms with van der Waals surface area (Å²) in [5.41, 5.74) is 5.44. The van der Waals surface area contributed by atoms with Crippen LogP contribution in [0.4, 0.5) is 0 Å². The van der Waals surface area contributed by atoms with Crippen molar-refractivity contribution in [2.75, 3.05) is 6.61 Å². The van der Waals surface area contributed by atoms with Crippen molar-refractivity contribution in [3.63, 3.8) is 0 Å². The number of hydrogen-bond acceptors (Lipinski definition) is 4. The van der Waals surface area contributed by atoms with E-state index in [2.05, 4.69) is 5.32 Å². The molecule has 0 aliphatic carbocycles. The summed E-state index contributed by atoms with van der Waals surface area (Å²) in [6.07, 6.45) is 0.172. The third kappa shape index (κ3) is 6.15. The molecule has 0 bridgehead atoms. The summed E-state index contributed by atoms with van der Waals surface area (Å²) in [4.78, 5) is 40.7. The first-order valence-corrected chi connectivity index (χ1v) is 12.5. The molecule has 0 aromatic heterocycles. The Labute approximate surface area is 218 Å². The second-order valence-electron chi connectivity index (χ2n) is 9.24. The summed E-state index contributed by atoms with van der Waals surface area (Å²) in [6.45, 7) is 6.51. The van der Waals surface area contributed by atoms with Crippen LogP contribution in [-0.2, 0) is 27.4 Å². The van der Waals surface area contributed by atoms with Crippen LogP contribution in [-0.4, -0.2) is 29.3 Å². The van der Waals surface area contributed by atoms with E-state index in [0.29, 0.717) is 23.4 Å². The Morgan fingerprint density at radius 1 is 0.946 bits per heavy atom. The number of carbonyl (C=O) groups excluding carboxylic acids is 3. The minimum Gasteiger partial charge on any atom is -0.463 e. The van der Waals surface area contributed by atoms with Crippen molar-refractivity contribution in [1.82, 2.24) is 10.2 Å². The molecule has 2 amide bonds. The molecular weight excluding hydrogens is 464 g/mol. The van der Waals surface area contributed by atoms with Crippen LogP contribution in [0.25, 0.3) is 0 Å². The summed E-state index contributed by atoms with van der Waals surface area (Å²) >= 11 is 0. The van der Waals surface area contributed by atoms with Gasteiger partial charge in [0.2, 0.25) is 5.91 Å². The van der Waals surface area contributed by atoms with Gasteiger partial charge in [-0.1, -0.05) is 72.3 Å². The highest BCUT2D eigenvalue weighted by molar-refractivity contribution is 5.96. The first kappa shape index (κ1) is 25.9. The number of nitrogens with one attached hydrogen (secondary N) is 1. The molecule has 1 aliphatic heterocycles. The monoisotopic (exact) mass is 496 g/mol. The summed E-state index contributed by atoms with van der Waals surface area (Å²) in [7, 11) is 0. The van der Waals surface area contributed by atoms with E-state index in [1.807, 2.05) is 73.7 Å². The van der Waals surface area contributed by atoms with Crippen LogP contribution in [0.2, 0.25) is 0 Å². The number of ether oxygens (including phenoxy) is 1. The predicted octanol–water partition coefficient (Wildman–Crippen LogP) is 5.28. The minimum absolute atomic E-state index is 0.0740. The lowest BCUT2D eigenvalue weighted by molar-refractivity contribution is -0.140. The van der Waals surface area contributed by atoms with Gasteiger partial charge in [-0.25, -0.2) is 4.79 Å². The zero-order chi connectivity index (χ0) is 26.4. The third-order valence-corrected chi connectivity index (χ3v) is 6.62. The van der Waals surface area contributed by atoms with Crippen molar-refractivity contribution < 1.29 is 19.1 Å². The van der Waals surface area contributed by atoms with Gasteiger partial charge >= 0.3 is 5.97 Å². The minimum atomic E-state index is -0.405. The largest absolute Gasteiger partial charge is 0.463 e. The van der Waals surface area contributed by atoms with Crippen molar-refractivity contribution in [3.8, 4) is 0 Å². The van der Waals surface area contributed by atoms with E-state index < -0.39 is 5.97 Å². The molecule has 1 aliphatic rings. The van der Waals surface area contributed by atoms with E-state index in [4.69, 9.17) is 4.74 Å². The Morgan fingerprint density at radius 2 is 1.65 bits per heavy atom. The Kier molecular flexibility index (Phi) is 8.18. The van der Waals surface area contributed by atoms with Crippen molar-refractivity contribution in [1.29, 1.82) is 0 Å². The molecule has 190 valence electrons. The fraction of sp³-hybridized carbons (Fsp3) is 0.258. The second kappa shape index (κ2) is 11.7. The van der Waals surface area contributed by atoms with Crippen LogP contribution >= 0.6 is 0 Å². The second-order valence-corrected chi connectivity index (χ2v) is 9.24. The molecule has 1 atom stereocenters. The lowest BCUT2D eigenvalue weighted by Gasteiger charge is -2.34. The molecule has 0 radical (unpaired) electrons. The molecule has 3 aromatic carbocycles. The number of amides is 2. The number of allylic oxidation sites excluding steroid dienone is 1. The van der Waals surface area contributed by atoms with Crippen LogP contribution in [0.1, 0.15) is 58.8 Å². The lowest BCUT2D eigenvalue weighted by atomic mass is 9.83. The molecular formula is C31H32N2O4. The van der Waals surface area contributed by atoms with Gasteiger partial charge in [-0.15, -0.1) is 0 Å². The SMILES string of the molecule is CCOC(=O)C1=C(C)N(Cc2cccc(C(=O)NCc3ccccc3)c2)C(=O)CC1c1ccc(C)cc1. The average molecular weight is 497 g/mol. The highest BCUT2D eigenvalue weighted by Crippen LogP contribution is 2.37. The van der Waals surface area contributed by atoms with Crippen LogP contribution in [0.5, 0.6) is 0 Å². The Morgan fingerprint density at radius 3 is 2.35 bits per heavy atom. The number of carbonyl (C=O) groups is 3. The highest BCUT2D eigenvalue weighted by atomic mass is 16.5. The van der Waals surface area contributed by atoms with Gasteiger partial charge in [0.05, 0.1) is 18.7 Å². The van der Waals surface area contributed by atoms with Gasteiger partial charge in [-0.2, -0.15) is 0 Å². The van der Waals surface area contributed by atoms with Gasteiger partial charge in [0.25, 0.3) is 5.91 Å². The Hall–Kier alpha value is -4.19. The molecule has 6 heteroatoms. The molecule has 0 saturated heterocycles. The van der Waals surface area contributed by atoms with E-state index in [9.17, 15) is 14.4 Å². The van der Waals surface area contributed by atoms with Crippen LogP contribution < -0.4 is 5.32 Å². The maximum atomic E-state index is 13.3. The fourth-order valence-corrected chi connectivity index (χ4v) is 4.63. The third-order valence-electron chi connectivity index (χ3n) is 6.62. The quantitative estimate of drug-likeness (QED) is 0.431. The van der Waals surface area contributed by atoms with Crippen molar-refractivity contribution >= 4 is 17.8 Å². The fourth-order valence-electron chi connectivity index (χ4n) is 4.63. The first-order chi connectivity index (χ1) is 17.9. The molecule has 1 unspecified atom stereocenters. The van der Waals surface area contributed by atoms with E-state index >= 15 is 0 Å². The smallest absolute Gasteiger partial charge is 0.336 e. The highest BCUT2D eigenvalue weighted by Gasteiger charge is 2.36. The van der Waals surface area contributed by atoms with E-state index in [-0.39, 0.29) is 37.3 Å². The summed E-state index contributed by atoms with van der Waals surface area (Å²) in [5.74, 6) is -1.03. The topological polar surface area (TPSA) is 75.7 Å². The van der Waals surface area contributed by atoms with Crippen LogP contribution in [0.3, 0.4) is 0 Å². The molecule has 1 heterocycles. The van der Waals surface area contributed by atoms with Gasteiger partial charge in [0.1, 0.15) is 0 Å². The van der Waals surface area contributed by atoms with Crippen molar-refractivity contribution in [3.05, 3.63) is 118 Å². The zero-order valence-corrected chi connectivity index (χ0v) is 21.5. The number of hydrogen-bond donors (Lipinski definition) is 1. The van der Waals surface area contributed by atoms with Gasteiger partial charge in [-0.05, 0) is 49.6 Å². The molecule has 37 heavy (non-hydrogen) atoms. The number of nitrogens with zero attached hydrogens (tertiary/aromatic N) is 1. The van der Waals surface area contributed by atoms with Crippen LogP contribution in [0, 0.1) is 6.92 Å². The number of rotatable bonds is 8. The maximum absolute atomic E-state index is 13.3. The summed E-state index contributed by atoms with van der Waals surface area (Å²) < 4.78 is 5.39. The number of aryl methyl sites for hydroxylation is 1. The van der Waals surface area contributed by atoms with Gasteiger partial charge < -0.3 is 15.0 Å². The average Bonchev–Trinajstić information content (AvgIpc) is 2.90.